The van der Waals surface area contributed by atoms with Crippen LogP contribution in [0, 0.1) is 6.92 Å². The van der Waals surface area contributed by atoms with Crippen LogP contribution in [0.1, 0.15) is 51.2 Å². The van der Waals surface area contributed by atoms with E-state index in [2.05, 4.69) is 50.3 Å². The third-order valence-electron chi connectivity index (χ3n) is 5.90. The van der Waals surface area contributed by atoms with Crippen LogP contribution in [-0.2, 0) is 4.74 Å². The summed E-state index contributed by atoms with van der Waals surface area (Å²) in [6.45, 7) is 7.74. The molecular formula is C24H32O4. The Bertz CT molecular complexity index is 789. The fraction of sp³-hybridized carbons (Fsp3) is 0.500. The van der Waals surface area contributed by atoms with Gasteiger partial charge in [0.2, 0.25) is 0 Å². The van der Waals surface area contributed by atoms with Crippen molar-refractivity contribution >= 4 is 6.08 Å². The van der Waals surface area contributed by atoms with Crippen LogP contribution in [0.3, 0.4) is 0 Å². The highest BCUT2D eigenvalue weighted by molar-refractivity contribution is 5.51. The van der Waals surface area contributed by atoms with Gasteiger partial charge in [0, 0.05) is 6.42 Å². The molecule has 5 atom stereocenters. The standard InChI is InChI=1S/C24H32O4/c1-17-5-7-18(8-6-17)9-11-22(2)13-14-23(3,28-22)12-10-19-15-21(26)24(4,27)16-20(19)25/h5-12,15,20-21,25-27H,13-14,16H2,1-4H3/t20-,21-,22+,23-,24+/m0/s1. The highest BCUT2D eigenvalue weighted by Gasteiger charge is 2.41. The molecule has 1 aliphatic carbocycles. The van der Waals surface area contributed by atoms with Gasteiger partial charge in [-0.1, -0.05) is 54.1 Å². The fourth-order valence-corrected chi connectivity index (χ4v) is 3.86. The van der Waals surface area contributed by atoms with E-state index in [-0.39, 0.29) is 12.0 Å². The molecule has 4 nitrogen and oxygen atoms in total. The minimum absolute atomic E-state index is 0.110. The molecule has 0 radical (unpaired) electrons. The van der Waals surface area contributed by atoms with Crippen molar-refractivity contribution in [1.29, 1.82) is 0 Å². The number of benzene rings is 1. The summed E-state index contributed by atoms with van der Waals surface area (Å²) in [6, 6.07) is 8.39. The van der Waals surface area contributed by atoms with Crippen LogP contribution in [0.2, 0.25) is 0 Å². The molecule has 2 aliphatic rings. The highest BCUT2D eigenvalue weighted by Crippen LogP contribution is 2.40. The van der Waals surface area contributed by atoms with Crippen LogP contribution in [0.5, 0.6) is 0 Å². The second-order valence-corrected chi connectivity index (χ2v) is 8.99. The van der Waals surface area contributed by atoms with Crippen LogP contribution in [0.4, 0.5) is 0 Å². The molecule has 0 unspecified atom stereocenters. The van der Waals surface area contributed by atoms with E-state index in [1.165, 1.54) is 18.6 Å². The number of rotatable bonds is 4. The van der Waals surface area contributed by atoms with Gasteiger partial charge in [0.05, 0.1) is 22.9 Å². The Morgan fingerprint density at radius 1 is 0.964 bits per heavy atom. The van der Waals surface area contributed by atoms with Crippen LogP contribution in [0.25, 0.3) is 6.08 Å². The van der Waals surface area contributed by atoms with E-state index in [9.17, 15) is 15.3 Å². The molecule has 3 rings (SSSR count). The molecular weight excluding hydrogens is 352 g/mol. The molecule has 4 heteroatoms. The first-order chi connectivity index (χ1) is 13.0. The third kappa shape index (κ3) is 4.81. The molecule has 1 aliphatic heterocycles. The lowest BCUT2D eigenvalue weighted by atomic mass is 9.82. The topological polar surface area (TPSA) is 69.9 Å². The van der Waals surface area contributed by atoms with Crippen molar-refractivity contribution in [3.05, 3.63) is 65.3 Å². The highest BCUT2D eigenvalue weighted by atomic mass is 16.5. The van der Waals surface area contributed by atoms with Crippen LogP contribution in [-0.4, -0.2) is 44.3 Å². The van der Waals surface area contributed by atoms with Crippen molar-refractivity contribution in [3.63, 3.8) is 0 Å². The lowest BCUT2D eigenvalue weighted by Gasteiger charge is -2.35. The molecule has 0 bridgehead atoms. The number of aryl methyl sites for hydroxylation is 1. The van der Waals surface area contributed by atoms with Crippen molar-refractivity contribution < 1.29 is 20.1 Å². The van der Waals surface area contributed by atoms with E-state index >= 15 is 0 Å². The maximum atomic E-state index is 10.3. The van der Waals surface area contributed by atoms with Gasteiger partial charge in [0.15, 0.2) is 0 Å². The summed E-state index contributed by atoms with van der Waals surface area (Å²) in [5.74, 6) is 0. The smallest absolute Gasteiger partial charge is 0.101 e. The Labute approximate surface area is 167 Å². The third-order valence-corrected chi connectivity index (χ3v) is 5.90. The first-order valence-corrected chi connectivity index (χ1v) is 9.96. The molecule has 3 N–H and O–H groups in total. The largest absolute Gasteiger partial charge is 0.388 e. The normalized spacial score (nSPS) is 39.0. The van der Waals surface area contributed by atoms with E-state index < -0.39 is 23.4 Å². The molecule has 152 valence electrons. The minimum atomic E-state index is -1.30. The van der Waals surface area contributed by atoms with E-state index in [1.54, 1.807) is 0 Å². The zero-order valence-electron chi connectivity index (χ0n) is 17.2. The Morgan fingerprint density at radius 3 is 2.14 bits per heavy atom. The minimum Gasteiger partial charge on any atom is -0.388 e. The van der Waals surface area contributed by atoms with Gasteiger partial charge < -0.3 is 20.1 Å². The van der Waals surface area contributed by atoms with E-state index in [0.29, 0.717) is 5.57 Å². The fourth-order valence-electron chi connectivity index (χ4n) is 3.86. The zero-order valence-corrected chi connectivity index (χ0v) is 17.2. The Hall–Kier alpha value is -1.72. The van der Waals surface area contributed by atoms with E-state index in [4.69, 9.17) is 4.74 Å². The summed E-state index contributed by atoms with van der Waals surface area (Å²) in [5.41, 5.74) is 0.904. The molecule has 1 aromatic carbocycles. The molecule has 0 aromatic heterocycles. The quantitative estimate of drug-likeness (QED) is 0.740. The number of hydrogen-bond acceptors (Lipinski definition) is 4. The predicted molar refractivity (Wildman–Crippen MR) is 112 cm³/mol. The number of aliphatic hydroxyl groups is 3. The molecule has 0 saturated carbocycles. The Balaban J connectivity index is 1.69. The molecule has 0 amide bonds. The summed E-state index contributed by atoms with van der Waals surface area (Å²) in [7, 11) is 0. The molecule has 1 saturated heterocycles. The van der Waals surface area contributed by atoms with Gasteiger partial charge in [-0.05, 0) is 57.7 Å². The van der Waals surface area contributed by atoms with Crippen molar-refractivity contribution in [2.75, 3.05) is 0 Å². The maximum Gasteiger partial charge on any atom is 0.101 e. The van der Waals surface area contributed by atoms with Gasteiger partial charge in [0.25, 0.3) is 0 Å². The molecule has 28 heavy (non-hydrogen) atoms. The molecule has 1 heterocycles. The first-order valence-electron chi connectivity index (χ1n) is 9.96. The van der Waals surface area contributed by atoms with Gasteiger partial charge in [-0.25, -0.2) is 0 Å². The summed E-state index contributed by atoms with van der Waals surface area (Å²) in [4.78, 5) is 0. The summed E-state index contributed by atoms with van der Waals surface area (Å²) >= 11 is 0. The average Bonchev–Trinajstić information content (AvgIpc) is 2.92. The maximum absolute atomic E-state index is 10.3. The molecule has 1 aromatic rings. The van der Waals surface area contributed by atoms with Gasteiger partial charge >= 0.3 is 0 Å². The van der Waals surface area contributed by atoms with Gasteiger partial charge in [-0.2, -0.15) is 0 Å². The summed E-state index contributed by atoms with van der Waals surface area (Å²) in [6.07, 6.45) is 9.60. The second-order valence-electron chi connectivity index (χ2n) is 8.99. The SMILES string of the molecule is Cc1ccc(C=C[C@]2(C)CC[C@](C)(C=CC3=C[C@H](O)[C@](C)(O)C[C@@H]3O)O2)cc1. The second kappa shape index (κ2) is 7.60. The van der Waals surface area contributed by atoms with Crippen LogP contribution < -0.4 is 0 Å². The van der Waals surface area contributed by atoms with Gasteiger partial charge in [0.1, 0.15) is 6.10 Å². The lowest BCUT2D eigenvalue weighted by Crippen LogP contribution is -2.45. The zero-order chi connectivity index (χ0) is 20.6. The summed E-state index contributed by atoms with van der Waals surface area (Å²) in [5, 5.41) is 30.4. The summed E-state index contributed by atoms with van der Waals surface area (Å²) < 4.78 is 6.38. The van der Waals surface area contributed by atoms with Gasteiger partial charge in [-0.3, -0.25) is 0 Å². The first kappa shape index (κ1) is 21.0. The number of ether oxygens (including phenoxy) is 1. The molecule has 1 fully saturated rings. The van der Waals surface area contributed by atoms with Crippen molar-refractivity contribution in [3.8, 4) is 0 Å². The number of hydrogen-bond donors (Lipinski definition) is 3. The predicted octanol–water partition coefficient (Wildman–Crippen LogP) is 3.70. The molecule has 0 spiro atoms. The lowest BCUT2D eigenvalue weighted by molar-refractivity contribution is -0.0707. The van der Waals surface area contributed by atoms with Crippen LogP contribution >= 0.6 is 0 Å². The Kier molecular flexibility index (Phi) is 5.70. The Morgan fingerprint density at radius 2 is 1.54 bits per heavy atom. The van der Waals surface area contributed by atoms with E-state index in [1.807, 2.05) is 19.1 Å². The average molecular weight is 385 g/mol. The van der Waals surface area contributed by atoms with Gasteiger partial charge in [-0.15, -0.1) is 0 Å². The monoisotopic (exact) mass is 384 g/mol. The van der Waals surface area contributed by atoms with Crippen molar-refractivity contribution in [2.24, 2.45) is 0 Å². The van der Waals surface area contributed by atoms with Crippen molar-refractivity contribution in [1.82, 2.24) is 0 Å². The van der Waals surface area contributed by atoms with E-state index in [0.717, 1.165) is 18.4 Å². The number of aliphatic hydroxyl groups excluding tert-OH is 2. The van der Waals surface area contributed by atoms with Crippen molar-refractivity contribution in [2.45, 2.75) is 76.0 Å². The van der Waals surface area contributed by atoms with Crippen LogP contribution in [0.15, 0.2) is 54.1 Å².